The van der Waals surface area contributed by atoms with Crippen LogP contribution in [0.1, 0.15) is 5.56 Å². The second-order valence-corrected chi connectivity index (χ2v) is 6.97. The molecule has 2 nitrogen and oxygen atoms in total. The Bertz CT molecular complexity index is 1010. The lowest BCUT2D eigenvalue weighted by molar-refractivity contribution is 0.669. The van der Waals surface area contributed by atoms with E-state index in [2.05, 4.69) is 41.9 Å². The van der Waals surface area contributed by atoms with Crippen LogP contribution in [-0.2, 0) is 6.54 Å². The molecule has 0 saturated heterocycles. The number of hydrogen-bond donors (Lipinski definition) is 1. The predicted molar refractivity (Wildman–Crippen MR) is 104 cm³/mol. The first-order valence-electron chi connectivity index (χ1n) is 7.71. The summed E-state index contributed by atoms with van der Waals surface area (Å²) in [4.78, 5) is 1.28. The van der Waals surface area contributed by atoms with Gasteiger partial charge in [0, 0.05) is 32.9 Å². The van der Waals surface area contributed by atoms with E-state index in [9.17, 15) is 0 Å². The zero-order valence-corrected chi connectivity index (χ0v) is 14.7. The molecule has 1 aromatic heterocycles. The van der Waals surface area contributed by atoms with E-state index in [1.165, 1.54) is 10.5 Å². The number of fused-ring (bicyclic) bond motifs is 3. The van der Waals surface area contributed by atoms with E-state index < -0.39 is 0 Å². The fourth-order valence-corrected chi connectivity index (χ4v) is 3.39. The third kappa shape index (κ3) is 2.97. The van der Waals surface area contributed by atoms with E-state index >= 15 is 0 Å². The van der Waals surface area contributed by atoms with Crippen LogP contribution in [0.2, 0.25) is 5.02 Å². The Kier molecular flexibility index (Phi) is 4.13. The van der Waals surface area contributed by atoms with Crippen LogP contribution in [-0.4, -0.2) is 6.26 Å². The summed E-state index contributed by atoms with van der Waals surface area (Å²) < 4.78 is 5.86. The van der Waals surface area contributed by atoms with Crippen molar-refractivity contribution in [3.8, 4) is 0 Å². The Morgan fingerprint density at radius 1 is 0.917 bits per heavy atom. The average Bonchev–Trinajstić information content (AvgIpc) is 2.97. The molecule has 0 unspecified atom stereocenters. The van der Waals surface area contributed by atoms with Crippen molar-refractivity contribution in [1.29, 1.82) is 0 Å². The molecule has 0 atom stereocenters. The molecule has 24 heavy (non-hydrogen) atoms. The molecule has 1 heterocycles. The van der Waals surface area contributed by atoms with Crippen molar-refractivity contribution in [3.05, 3.63) is 71.2 Å². The largest absolute Gasteiger partial charge is 0.456 e. The fraction of sp³-hybridized carbons (Fsp3) is 0.100. The average molecular weight is 354 g/mol. The van der Waals surface area contributed by atoms with Crippen molar-refractivity contribution in [2.45, 2.75) is 11.4 Å². The van der Waals surface area contributed by atoms with Crippen molar-refractivity contribution in [1.82, 2.24) is 0 Å². The number of furan rings is 1. The normalized spacial score (nSPS) is 11.2. The number of rotatable bonds is 4. The second kappa shape index (κ2) is 6.42. The molecule has 4 heteroatoms. The van der Waals surface area contributed by atoms with Gasteiger partial charge in [0.05, 0.1) is 0 Å². The second-order valence-electron chi connectivity index (χ2n) is 5.66. The first kappa shape index (κ1) is 15.4. The molecule has 3 aromatic carbocycles. The van der Waals surface area contributed by atoms with Crippen LogP contribution in [0.15, 0.2) is 70.0 Å². The van der Waals surface area contributed by atoms with Crippen molar-refractivity contribution in [2.24, 2.45) is 0 Å². The maximum Gasteiger partial charge on any atom is 0.135 e. The van der Waals surface area contributed by atoms with Gasteiger partial charge in [-0.05, 0) is 60.4 Å². The highest BCUT2D eigenvalue weighted by Crippen LogP contribution is 2.32. The van der Waals surface area contributed by atoms with E-state index in [1.54, 1.807) is 11.8 Å². The number of anilines is 1. The van der Waals surface area contributed by atoms with Gasteiger partial charge in [-0.1, -0.05) is 23.7 Å². The minimum absolute atomic E-state index is 0.720. The zero-order chi connectivity index (χ0) is 16.5. The molecular formula is C20H16ClNOS. The summed E-state index contributed by atoms with van der Waals surface area (Å²) in [6, 6.07) is 20.5. The maximum atomic E-state index is 6.12. The molecular weight excluding hydrogens is 338 g/mol. The van der Waals surface area contributed by atoms with Crippen molar-refractivity contribution >= 4 is 51.0 Å². The highest BCUT2D eigenvalue weighted by molar-refractivity contribution is 7.98. The number of nitrogens with one attached hydrogen (secondary N) is 1. The molecule has 0 radical (unpaired) electrons. The number of hydrogen-bond acceptors (Lipinski definition) is 3. The van der Waals surface area contributed by atoms with E-state index in [1.807, 2.05) is 30.3 Å². The lowest BCUT2D eigenvalue weighted by Crippen LogP contribution is -1.98. The summed E-state index contributed by atoms with van der Waals surface area (Å²) in [7, 11) is 0. The predicted octanol–water partition coefficient (Wildman–Crippen LogP) is 6.57. The Labute approximate surface area is 149 Å². The van der Waals surface area contributed by atoms with E-state index in [4.69, 9.17) is 16.0 Å². The smallest absolute Gasteiger partial charge is 0.135 e. The highest BCUT2D eigenvalue weighted by Gasteiger charge is 2.08. The summed E-state index contributed by atoms with van der Waals surface area (Å²) in [6.07, 6.45) is 2.09. The Hall–Kier alpha value is -2.10. The van der Waals surface area contributed by atoms with Gasteiger partial charge in [0.2, 0.25) is 0 Å². The standard InChI is InChI=1S/C20H16ClNOS/c1-24-16-6-2-13(3-7-16)12-22-15-5-9-20-18(11-15)17-10-14(21)4-8-19(17)23-20/h2-11,22H,12H2,1H3. The summed E-state index contributed by atoms with van der Waals surface area (Å²) in [5.41, 5.74) is 4.06. The molecule has 0 aliphatic carbocycles. The van der Waals surface area contributed by atoms with E-state index in [0.717, 1.165) is 39.2 Å². The van der Waals surface area contributed by atoms with Gasteiger partial charge in [-0.25, -0.2) is 0 Å². The molecule has 1 N–H and O–H groups in total. The Morgan fingerprint density at radius 2 is 1.62 bits per heavy atom. The van der Waals surface area contributed by atoms with Gasteiger partial charge in [-0.15, -0.1) is 11.8 Å². The molecule has 0 spiro atoms. The van der Waals surface area contributed by atoms with E-state index in [0.29, 0.717) is 0 Å². The van der Waals surface area contributed by atoms with E-state index in [-0.39, 0.29) is 0 Å². The number of thioether (sulfide) groups is 1. The van der Waals surface area contributed by atoms with Gasteiger partial charge < -0.3 is 9.73 Å². The molecule has 0 bridgehead atoms. The van der Waals surface area contributed by atoms with Crippen molar-refractivity contribution in [2.75, 3.05) is 11.6 Å². The summed E-state index contributed by atoms with van der Waals surface area (Å²) in [6.45, 7) is 0.788. The number of benzene rings is 3. The topological polar surface area (TPSA) is 25.2 Å². The first-order chi connectivity index (χ1) is 11.7. The van der Waals surface area contributed by atoms with Crippen LogP contribution in [0, 0.1) is 0 Å². The van der Waals surface area contributed by atoms with Gasteiger partial charge >= 0.3 is 0 Å². The van der Waals surface area contributed by atoms with Crippen LogP contribution < -0.4 is 5.32 Å². The van der Waals surface area contributed by atoms with Gasteiger partial charge in [-0.3, -0.25) is 0 Å². The summed E-state index contributed by atoms with van der Waals surface area (Å²) in [5.74, 6) is 0. The third-order valence-corrected chi connectivity index (χ3v) is 5.07. The maximum absolute atomic E-state index is 6.12. The molecule has 0 aliphatic heterocycles. The SMILES string of the molecule is CSc1ccc(CNc2ccc3oc4ccc(Cl)cc4c3c2)cc1. The molecule has 120 valence electrons. The van der Waals surface area contributed by atoms with Gasteiger partial charge in [0.15, 0.2) is 0 Å². The minimum atomic E-state index is 0.720. The number of halogens is 1. The molecule has 4 rings (SSSR count). The van der Waals surface area contributed by atoms with Gasteiger partial charge in [-0.2, -0.15) is 0 Å². The van der Waals surface area contributed by atoms with Crippen LogP contribution in [0.5, 0.6) is 0 Å². The lowest BCUT2D eigenvalue weighted by atomic mass is 10.1. The molecule has 0 saturated carbocycles. The zero-order valence-electron chi connectivity index (χ0n) is 13.2. The quantitative estimate of drug-likeness (QED) is 0.420. The third-order valence-electron chi connectivity index (χ3n) is 4.09. The summed E-state index contributed by atoms with van der Waals surface area (Å²) >= 11 is 7.88. The van der Waals surface area contributed by atoms with Crippen molar-refractivity contribution in [3.63, 3.8) is 0 Å². The van der Waals surface area contributed by atoms with Crippen LogP contribution in [0.3, 0.4) is 0 Å². The summed E-state index contributed by atoms with van der Waals surface area (Å²) in [5, 5.41) is 6.32. The minimum Gasteiger partial charge on any atom is -0.456 e. The Balaban J connectivity index is 1.61. The molecule has 0 fully saturated rings. The lowest BCUT2D eigenvalue weighted by Gasteiger charge is -2.07. The Morgan fingerprint density at radius 3 is 2.38 bits per heavy atom. The monoisotopic (exact) mass is 353 g/mol. The highest BCUT2D eigenvalue weighted by atomic mass is 35.5. The van der Waals surface area contributed by atoms with Gasteiger partial charge in [0.1, 0.15) is 11.2 Å². The van der Waals surface area contributed by atoms with Gasteiger partial charge in [0.25, 0.3) is 0 Å². The van der Waals surface area contributed by atoms with Crippen LogP contribution >= 0.6 is 23.4 Å². The van der Waals surface area contributed by atoms with Crippen LogP contribution in [0.25, 0.3) is 21.9 Å². The molecule has 0 aliphatic rings. The van der Waals surface area contributed by atoms with Crippen molar-refractivity contribution < 1.29 is 4.42 Å². The molecule has 0 amide bonds. The first-order valence-corrected chi connectivity index (χ1v) is 9.32. The van der Waals surface area contributed by atoms with Crippen LogP contribution in [0.4, 0.5) is 5.69 Å². The molecule has 4 aromatic rings. The fourth-order valence-electron chi connectivity index (χ4n) is 2.81.